The number of aliphatic hydroxyl groups excluding tert-OH is 1. The Balaban J connectivity index is 1.70. The summed E-state index contributed by atoms with van der Waals surface area (Å²) in [5.41, 5.74) is 2.48. The molecule has 1 atom stereocenters. The lowest BCUT2D eigenvalue weighted by molar-refractivity contribution is 0.204. The zero-order valence-corrected chi connectivity index (χ0v) is 14.5. The van der Waals surface area contributed by atoms with Crippen molar-refractivity contribution in [1.82, 2.24) is 9.97 Å². The molecule has 1 aromatic heterocycles. The van der Waals surface area contributed by atoms with Gasteiger partial charge < -0.3 is 14.8 Å². The normalized spacial score (nSPS) is 12.5. The van der Waals surface area contributed by atoms with Gasteiger partial charge in [-0.25, -0.2) is 4.98 Å². The van der Waals surface area contributed by atoms with Gasteiger partial charge in [-0.05, 0) is 29.8 Å². The molecule has 3 aromatic rings. The maximum atomic E-state index is 10.3. The van der Waals surface area contributed by atoms with Crippen molar-refractivity contribution in [2.45, 2.75) is 11.3 Å². The molecule has 7 heteroatoms. The third-order valence-corrected chi connectivity index (χ3v) is 5.06. The maximum Gasteiger partial charge on any atom is 0.166 e. The first-order valence-corrected chi connectivity index (χ1v) is 8.60. The lowest BCUT2D eigenvalue weighted by Gasteiger charge is -2.10. The molecule has 0 aliphatic rings. The Labute approximate surface area is 147 Å². The lowest BCUT2D eigenvalue weighted by atomic mass is 10.1. The van der Waals surface area contributed by atoms with Crippen LogP contribution < -0.4 is 4.74 Å². The predicted octanol–water partition coefficient (Wildman–Crippen LogP) is 4.70. The van der Waals surface area contributed by atoms with Crippen LogP contribution in [0.3, 0.4) is 0 Å². The van der Waals surface area contributed by atoms with Crippen molar-refractivity contribution in [3.63, 3.8) is 0 Å². The summed E-state index contributed by atoms with van der Waals surface area (Å²) in [5.74, 6) is 1.23. The molecule has 2 aromatic carbocycles. The third kappa shape index (κ3) is 3.75. The molecule has 4 nitrogen and oxygen atoms in total. The summed E-state index contributed by atoms with van der Waals surface area (Å²) in [4.78, 5) is 7.69. The molecule has 0 saturated heterocycles. The summed E-state index contributed by atoms with van der Waals surface area (Å²) >= 11 is 13.3. The second-order valence-corrected chi connectivity index (χ2v) is 6.75. The van der Waals surface area contributed by atoms with Crippen LogP contribution in [0.25, 0.3) is 11.0 Å². The number of benzene rings is 2. The number of imidazole rings is 1. The molecule has 0 unspecified atom stereocenters. The Morgan fingerprint density at radius 1 is 1.22 bits per heavy atom. The molecule has 0 spiro atoms. The Morgan fingerprint density at radius 2 is 2.04 bits per heavy atom. The average Bonchev–Trinajstić information content (AvgIpc) is 2.96. The molecule has 0 amide bonds. The highest BCUT2D eigenvalue weighted by molar-refractivity contribution is 7.99. The van der Waals surface area contributed by atoms with Crippen LogP contribution in [-0.4, -0.2) is 27.9 Å². The number of aliphatic hydroxyl groups is 1. The highest BCUT2D eigenvalue weighted by atomic mass is 35.5. The standard InChI is InChI=1S/C16H14Cl2N2O2S/c1-22-10-3-5-13-14(7-10)20-16(19-13)23-8-15(21)9-2-4-11(17)12(18)6-9/h2-7,15,21H,8H2,1H3,(H,19,20)/t15-/m0/s1. The van der Waals surface area contributed by atoms with Crippen LogP contribution in [0.4, 0.5) is 0 Å². The van der Waals surface area contributed by atoms with E-state index in [4.69, 9.17) is 27.9 Å². The second kappa shape index (κ2) is 7.01. The summed E-state index contributed by atoms with van der Waals surface area (Å²) in [7, 11) is 1.63. The van der Waals surface area contributed by atoms with Crippen LogP contribution in [0.15, 0.2) is 41.6 Å². The highest BCUT2D eigenvalue weighted by Gasteiger charge is 2.12. The lowest BCUT2D eigenvalue weighted by Crippen LogP contribution is -2.00. The van der Waals surface area contributed by atoms with Gasteiger partial charge in [0.05, 0.1) is 34.3 Å². The van der Waals surface area contributed by atoms with Gasteiger partial charge in [0.15, 0.2) is 5.16 Å². The van der Waals surface area contributed by atoms with Gasteiger partial charge >= 0.3 is 0 Å². The van der Waals surface area contributed by atoms with Crippen molar-refractivity contribution in [3.05, 3.63) is 52.0 Å². The van der Waals surface area contributed by atoms with E-state index in [9.17, 15) is 5.11 Å². The molecule has 3 rings (SSSR count). The molecule has 23 heavy (non-hydrogen) atoms. The van der Waals surface area contributed by atoms with E-state index in [1.165, 1.54) is 11.8 Å². The number of hydrogen-bond acceptors (Lipinski definition) is 4. The number of aromatic amines is 1. The van der Waals surface area contributed by atoms with Gasteiger partial charge in [-0.3, -0.25) is 0 Å². The van der Waals surface area contributed by atoms with Gasteiger partial charge in [0.1, 0.15) is 5.75 Å². The Hall–Kier alpha value is -1.40. The number of ether oxygens (including phenoxy) is 1. The van der Waals surface area contributed by atoms with Crippen molar-refractivity contribution in [2.75, 3.05) is 12.9 Å². The van der Waals surface area contributed by atoms with E-state index in [0.29, 0.717) is 15.8 Å². The fraction of sp³-hybridized carbons (Fsp3) is 0.188. The van der Waals surface area contributed by atoms with E-state index < -0.39 is 6.10 Å². The molecule has 120 valence electrons. The number of H-pyrrole nitrogens is 1. The van der Waals surface area contributed by atoms with E-state index in [0.717, 1.165) is 27.5 Å². The number of rotatable bonds is 5. The molecule has 0 bridgehead atoms. The number of nitrogens with one attached hydrogen (secondary N) is 1. The van der Waals surface area contributed by atoms with Crippen LogP contribution in [0.1, 0.15) is 11.7 Å². The number of halogens is 2. The average molecular weight is 369 g/mol. The maximum absolute atomic E-state index is 10.3. The molecule has 0 saturated carbocycles. The minimum atomic E-state index is -0.655. The molecule has 0 fully saturated rings. The number of aromatic nitrogens is 2. The quantitative estimate of drug-likeness (QED) is 0.640. The summed E-state index contributed by atoms with van der Waals surface area (Å²) in [6.45, 7) is 0. The van der Waals surface area contributed by atoms with Crippen molar-refractivity contribution in [3.8, 4) is 5.75 Å². The molecular weight excluding hydrogens is 355 g/mol. The van der Waals surface area contributed by atoms with Crippen molar-refractivity contribution in [2.24, 2.45) is 0 Å². The molecule has 2 N–H and O–H groups in total. The molecular formula is C16H14Cl2N2O2S. The first kappa shape index (κ1) is 16.5. The molecule has 0 aliphatic carbocycles. The highest BCUT2D eigenvalue weighted by Crippen LogP contribution is 2.29. The minimum Gasteiger partial charge on any atom is -0.497 e. The Kier molecular flexibility index (Phi) is 5.02. The fourth-order valence-electron chi connectivity index (χ4n) is 2.13. The van der Waals surface area contributed by atoms with Crippen molar-refractivity contribution >= 4 is 46.0 Å². The van der Waals surface area contributed by atoms with E-state index in [2.05, 4.69) is 9.97 Å². The number of hydrogen-bond donors (Lipinski definition) is 2. The van der Waals surface area contributed by atoms with Crippen LogP contribution in [0.5, 0.6) is 5.75 Å². The largest absolute Gasteiger partial charge is 0.497 e. The van der Waals surface area contributed by atoms with E-state index in [1.807, 2.05) is 18.2 Å². The van der Waals surface area contributed by atoms with Gasteiger partial charge in [0, 0.05) is 11.8 Å². The van der Waals surface area contributed by atoms with Crippen molar-refractivity contribution < 1.29 is 9.84 Å². The number of nitrogens with zero attached hydrogens (tertiary/aromatic N) is 1. The minimum absolute atomic E-state index is 0.434. The van der Waals surface area contributed by atoms with Crippen molar-refractivity contribution in [1.29, 1.82) is 0 Å². The zero-order chi connectivity index (χ0) is 16.4. The first-order chi connectivity index (χ1) is 11.1. The number of thioether (sulfide) groups is 1. The Bertz CT molecular complexity index is 838. The fourth-order valence-corrected chi connectivity index (χ4v) is 3.29. The van der Waals surface area contributed by atoms with E-state index >= 15 is 0 Å². The smallest absolute Gasteiger partial charge is 0.166 e. The topological polar surface area (TPSA) is 58.1 Å². The van der Waals surface area contributed by atoms with Gasteiger partial charge in [0.25, 0.3) is 0 Å². The summed E-state index contributed by atoms with van der Waals surface area (Å²) < 4.78 is 5.19. The third-order valence-electron chi connectivity index (χ3n) is 3.37. The monoisotopic (exact) mass is 368 g/mol. The van der Waals surface area contributed by atoms with Crippen LogP contribution in [0, 0.1) is 0 Å². The molecule has 0 aliphatic heterocycles. The molecule has 1 heterocycles. The number of fused-ring (bicyclic) bond motifs is 1. The zero-order valence-electron chi connectivity index (χ0n) is 12.2. The first-order valence-electron chi connectivity index (χ1n) is 6.86. The van der Waals surface area contributed by atoms with Crippen LogP contribution in [-0.2, 0) is 0 Å². The van der Waals surface area contributed by atoms with Gasteiger partial charge in [-0.15, -0.1) is 0 Å². The van der Waals surface area contributed by atoms with Gasteiger partial charge in [-0.2, -0.15) is 0 Å². The molecule has 0 radical (unpaired) electrons. The van der Waals surface area contributed by atoms with Gasteiger partial charge in [-0.1, -0.05) is 41.0 Å². The second-order valence-electron chi connectivity index (χ2n) is 4.93. The summed E-state index contributed by atoms with van der Waals surface area (Å²) in [6, 6.07) is 10.8. The van der Waals surface area contributed by atoms with E-state index in [1.54, 1.807) is 25.3 Å². The number of methoxy groups -OCH3 is 1. The van der Waals surface area contributed by atoms with Gasteiger partial charge in [0.2, 0.25) is 0 Å². The summed E-state index contributed by atoms with van der Waals surface area (Å²) in [5, 5.41) is 11.9. The SMILES string of the molecule is COc1ccc2nc(SC[C@H](O)c3ccc(Cl)c(Cl)c3)[nH]c2c1. The Morgan fingerprint density at radius 3 is 2.78 bits per heavy atom. The van der Waals surface area contributed by atoms with Crippen LogP contribution >= 0.6 is 35.0 Å². The van der Waals surface area contributed by atoms with E-state index in [-0.39, 0.29) is 0 Å². The summed E-state index contributed by atoms with van der Waals surface area (Å²) in [6.07, 6.45) is -0.655. The van der Waals surface area contributed by atoms with Crippen LogP contribution in [0.2, 0.25) is 10.0 Å². The predicted molar refractivity (Wildman–Crippen MR) is 94.8 cm³/mol.